The van der Waals surface area contributed by atoms with Crippen LogP contribution in [0.25, 0.3) is 0 Å². The van der Waals surface area contributed by atoms with Gasteiger partial charge in [-0.05, 0) is 30.9 Å². The molecule has 0 bridgehead atoms. The van der Waals surface area contributed by atoms with Gasteiger partial charge in [-0.3, -0.25) is 9.48 Å². The molecule has 21 heavy (non-hydrogen) atoms. The zero-order chi connectivity index (χ0) is 15.0. The maximum Gasteiger partial charge on any atom is 0.146 e. The van der Waals surface area contributed by atoms with Crippen molar-refractivity contribution >= 4 is 17.4 Å². The molecule has 3 rings (SSSR count). The van der Waals surface area contributed by atoms with Gasteiger partial charge in [0.05, 0.1) is 22.8 Å². The Hall–Kier alpha value is -1.61. The van der Waals surface area contributed by atoms with Crippen LogP contribution < -0.4 is 0 Å². The number of halogens is 1. The van der Waals surface area contributed by atoms with Crippen molar-refractivity contribution in [3.63, 3.8) is 0 Å². The number of benzene rings is 1. The number of nitrogens with zero attached hydrogens (tertiary/aromatic N) is 2. The highest BCUT2D eigenvalue weighted by molar-refractivity contribution is 6.32. The Morgan fingerprint density at radius 2 is 2.14 bits per heavy atom. The zero-order valence-electron chi connectivity index (χ0n) is 12.4. The van der Waals surface area contributed by atoms with E-state index in [1.807, 2.05) is 30.7 Å². The predicted octanol–water partition coefficient (Wildman–Crippen LogP) is 3.57. The Morgan fingerprint density at radius 1 is 1.38 bits per heavy atom. The minimum Gasteiger partial charge on any atom is -0.299 e. The third kappa shape index (κ3) is 2.40. The van der Waals surface area contributed by atoms with E-state index in [-0.39, 0.29) is 11.7 Å². The Balaban J connectivity index is 1.82. The first-order valence-electron chi connectivity index (χ1n) is 7.50. The number of aryl methyl sites for hydroxylation is 2. The van der Waals surface area contributed by atoms with Gasteiger partial charge in [0.1, 0.15) is 5.78 Å². The number of aromatic nitrogens is 2. The van der Waals surface area contributed by atoms with Crippen LogP contribution >= 0.6 is 11.6 Å². The molecule has 0 fully saturated rings. The van der Waals surface area contributed by atoms with Gasteiger partial charge >= 0.3 is 0 Å². The quantitative estimate of drug-likeness (QED) is 0.846. The van der Waals surface area contributed by atoms with Crippen LogP contribution in [0, 0.1) is 0 Å². The molecule has 1 unspecified atom stereocenters. The molecule has 1 aliphatic carbocycles. The van der Waals surface area contributed by atoms with E-state index in [9.17, 15) is 4.79 Å². The molecule has 1 atom stereocenters. The summed E-state index contributed by atoms with van der Waals surface area (Å²) >= 11 is 6.38. The number of ketones is 1. The lowest BCUT2D eigenvalue weighted by Crippen LogP contribution is -2.27. The fourth-order valence-electron chi connectivity index (χ4n) is 3.02. The molecular weight excluding hydrogens is 284 g/mol. The Labute approximate surface area is 129 Å². The first-order chi connectivity index (χ1) is 10.2. The van der Waals surface area contributed by atoms with Gasteiger partial charge in [0, 0.05) is 12.5 Å². The van der Waals surface area contributed by atoms with Crippen LogP contribution in [0.2, 0.25) is 5.02 Å². The molecule has 2 aromatic rings. The van der Waals surface area contributed by atoms with Crippen molar-refractivity contribution in [1.29, 1.82) is 0 Å². The molecule has 1 aromatic carbocycles. The zero-order valence-corrected chi connectivity index (χ0v) is 13.2. The second kappa shape index (κ2) is 5.64. The standard InChI is InChI=1S/C17H19ClN2O/c1-3-14-17(18)15(20(4-2)19-14)10-16(21)13-9-11-7-5-6-8-12(11)13/h5-8,13H,3-4,9-10H2,1-2H3. The van der Waals surface area contributed by atoms with Crippen LogP contribution in [0.5, 0.6) is 0 Å². The highest BCUT2D eigenvalue weighted by atomic mass is 35.5. The number of rotatable bonds is 5. The van der Waals surface area contributed by atoms with E-state index in [1.54, 1.807) is 0 Å². The highest BCUT2D eigenvalue weighted by Crippen LogP contribution is 2.36. The first-order valence-corrected chi connectivity index (χ1v) is 7.88. The van der Waals surface area contributed by atoms with Crippen molar-refractivity contribution in [2.45, 2.75) is 45.6 Å². The molecule has 0 spiro atoms. The maximum atomic E-state index is 12.6. The van der Waals surface area contributed by atoms with Gasteiger partial charge < -0.3 is 0 Å². The van der Waals surface area contributed by atoms with Crippen molar-refractivity contribution < 1.29 is 4.79 Å². The third-order valence-electron chi connectivity index (χ3n) is 4.28. The Morgan fingerprint density at radius 3 is 2.81 bits per heavy atom. The molecule has 3 nitrogen and oxygen atoms in total. The van der Waals surface area contributed by atoms with E-state index in [1.165, 1.54) is 11.1 Å². The number of Topliss-reactive ketones (excluding diaryl/α,β-unsaturated/α-hetero) is 1. The topological polar surface area (TPSA) is 34.9 Å². The van der Waals surface area contributed by atoms with Gasteiger partial charge in [-0.2, -0.15) is 5.10 Å². The molecule has 4 heteroatoms. The molecule has 1 heterocycles. The molecule has 0 amide bonds. The molecule has 0 saturated heterocycles. The van der Waals surface area contributed by atoms with E-state index < -0.39 is 0 Å². The average Bonchev–Trinajstić information content (AvgIpc) is 2.76. The number of hydrogen-bond donors (Lipinski definition) is 0. The van der Waals surface area contributed by atoms with Crippen LogP contribution in [0.3, 0.4) is 0 Å². The maximum absolute atomic E-state index is 12.6. The lowest BCUT2D eigenvalue weighted by atomic mass is 9.74. The fourth-order valence-corrected chi connectivity index (χ4v) is 3.36. The third-order valence-corrected chi connectivity index (χ3v) is 4.72. The summed E-state index contributed by atoms with van der Waals surface area (Å²) < 4.78 is 1.86. The molecule has 1 aromatic heterocycles. The highest BCUT2D eigenvalue weighted by Gasteiger charge is 2.32. The Kier molecular flexibility index (Phi) is 3.85. The first kappa shape index (κ1) is 14.3. The van der Waals surface area contributed by atoms with E-state index in [2.05, 4.69) is 17.2 Å². The SMILES string of the molecule is CCc1nn(CC)c(CC(=O)C2Cc3ccccc32)c1Cl. The van der Waals surface area contributed by atoms with Crippen molar-refractivity contribution in [2.75, 3.05) is 0 Å². The normalized spacial score (nSPS) is 16.4. The van der Waals surface area contributed by atoms with Crippen LogP contribution in [0.4, 0.5) is 0 Å². The lowest BCUT2D eigenvalue weighted by Gasteiger charge is -2.28. The summed E-state index contributed by atoms with van der Waals surface area (Å²) in [5.41, 5.74) is 4.22. The molecule has 0 radical (unpaired) electrons. The largest absolute Gasteiger partial charge is 0.299 e. The molecule has 1 aliphatic rings. The predicted molar refractivity (Wildman–Crippen MR) is 83.9 cm³/mol. The van der Waals surface area contributed by atoms with Crippen molar-refractivity contribution in [3.8, 4) is 0 Å². The van der Waals surface area contributed by atoms with Crippen molar-refractivity contribution in [3.05, 3.63) is 51.8 Å². The molecular formula is C17H19ClN2O. The van der Waals surface area contributed by atoms with Gasteiger partial charge in [0.15, 0.2) is 0 Å². The van der Waals surface area contributed by atoms with E-state index in [0.29, 0.717) is 11.4 Å². The fraction of sp³-hybridized carbons (Fsp3) is 0.412. The smallest absolute Gasteiger partial charge is 0.146 e. The summed E-state index contributed by atoms with van der Waals surface area (Å²) in [7, 11) is 0. The average molecular weight is 303 g/mol. The van der Waals surface area contributed by atoms with Crippen molar-refractivity contribution in [2.24, 2.45) is 0 Å². The van der Waals surface area contributed by atoms with Gasteiger partial charge in [-0.25, -0.2) is 0 Å². The number of hydrogen-bond acceptors (Lipinski definition) is 2. The monoisotopic (exact) mass is 302 g/mol. The van der Waals surface area contributed by atoms with Crippen LogP contribution in [0.15, 0.2) is 24.3 Å². The van der Waals surface area contributed by atoms with Crippen LogP contribution in [0.1, 0.15) is 42.3 Å². The number of fused-ring (bicyclic) bond motifs is 1. The summed E-state index contributed by atoms with van der Waals surface area (Å²) in [6.07, 6.45) is 2.02. The second-order valence-electron chi connectivity index (χ2n) is 5.48. The minimum atomic E-state index is 0.0301. The summed E-state index contributed by atoms with van der Waals surface area (Å²) in [4.78, 5) is 12.6. The van der Waals surface area contributed by atoms with E-state index in [0.717, 1.165) is 30.8 Å². The van der Waals surface area contributed by atoms with Gasteiger partial charge in [0.2, 0.25) is 0 Å². The van der Waals surface area contributed by atoms with E-state index >= 15 is 0 Å². The van der Waals surface area contributed by atoms with Gasteiger partial charge in [-0.1, -0.05) is 42.8 Å². The Bertz CT molecular complexity index is 690. The summed E-state index contributed by atoms with van der Waals surface area (Å²) in [5, 5.41) is 5.15. The van der Waals surface area contributed by atoms with Crippen LogP contribution in [-0.2, 0) is 30.6 Å². The molecule has 0 aliphatic heterocycles. The van der Waals surface area contributed by atoms with Crippen molar-refractivity contribution in [1.82, 2.24) is 9.78 Å². The summed E-state index contributed by atoms with van der Waals surface area (Å²) in [5.74, 6) is 0.274. The van der Waals surface area contributed by atoms with Gasteiger partial charge in [0.25, 0.3) is 0 Å². The number of carbonyl (C=O) groups is 1. The van der Waals surface area contributed by atoms with E-state index in [4.69, 9.17) is 11.6 Å². The molecule has 0 saturated carbocycles. The molecule has 110 valence electrons. The minimum absolute atomic E-state index is 0.0301. The number of carbonyl (C=O) groups excluding carboxylic acids is 1. The van der Waals surface area contributed by atoms with Gasteiger partial charge in [-0.15, -0.1) is 0 Å². The molecule has 0 N–H and O–H groups in total. The lowest BCUT2D eigenvalue weighted by molar-refractivity contribution is -0.120. The summed E-state index contributed by atoms with van der Waals surface area (Å²) in [6.45, 7) is 4.79. The summed E-state index contributed by atoms with van der Waals surface area (Å²) in [6, 6.07) is 8.17. The second-order valence-corrected chi connectivity index (χ2v) is 5.85. The van der Waals surface area contributed by atoms with Crippen LogP contribution in [-0.4, -0.2) is 15.6 Å².